The minimum absolute atomic E-state index is 0.201. The average molecular weight is 224 g/mol. The zero-order chi connectivity index (χ0) is 11.4. The lowest BCUT2D eigenvalue weighted by Gasteiger charge is -2.18. The van der Waals surface area contributed by atoms with E-state index in [0.717, 1.165) is 29.5 Å². The van der Waals surface area contributed by atoms with Gasteiger partial charge in [-0.15, -0.1) is 0 Å². The van der Waals surface area contributed by atoms with Crippen LogP contribution in [0.15, 0.2) is 24.3 Å². The first-order valence-electron chi connectivity index (χ1n) is 6.14. The fraction of sp³-hybridized carbons (Fsp3) is 0.267. The second-order valence-corrected chi connectivity index (χ2v) is 4.84. The van der Waals surface area contributed by atoms with Gasteiger partial charge in [-0.2, -0.15) is 0 Å². The van der Waals surface area contributed by atoms with Gasteiger partial charge in [0.1, 0.15) is 5.75 Å². The van der Waals surface area contributed by atoms with E-state index in [9.17, 15) is 4.79 Å². The normalized spacial score (nSPS) is 17.1. The molecule has 2 aromatic rings. The average Bonchev–Trinajstić information content (AvgIpc) is 2.68. The maximum Gasteiger partial charge on any atom is 0.344 e. The number of carbonyl (C=O) groups is 1. The van der Waals surface area contributed by atoms with E-state index in [1.807, 2.05) is 12.1 Å². The third kappa shape index (κ3) is 1.13. The Labute approximate surface area is 99.2 Å². The van der Waals surface area contributed by atoms with Gasteiger partial charge in [0.05, 0.1) is 5.56 Å². The van der Waals surface area contributed by atoms with E-state index in [2.05, 4.69) is 12.1 Å². The first-order chi connectivity index (χ1) is 8.34. The lowest BCUT2D eigenvalue weighted by Crippen LogP contribution is -2.03. The first-order valence-corrected chi connectivity index (χ1v) is 6.14. The number of hydrogen-bond donors (Lipinski definition) is 0. The van der Waals surface area contributed by atoms with Crippen molar-refractivity contribution in [3.8, 4) is 5.75 Å². The van der Waals surface area contributed by atoms with Crippen molar-refractivity contribution in [3.05, 3.63) is 41.0 Å². The van der Waals surface area contributed by atoms with Gasteiger partial charge in [0, 0.05) is 5.39 Å². The molecule has 0 radical (unpaired) electrons. The van der Waals surface area contributed by atoms with E-state index in [-0.39, 0.29) is 5.97 Å². The summed E-state index contributed by atoms with van der Waals surface area (Å²) in [5.41, 5.74) is 3.52. The Hall–Kier alpha value is -1.83. The van der Waals surface area contributed by atoms with Crippen LogP contribution in [0.3, 0.4) is 0 Å². The molecule has 1 aliphatic carbocycles. The number of fused-ring (bicyclic) bond motifs is 2. The van der Waals surface area contributed by atoms with Crippen molar-refractivity contribution < 1.29 is 9.53 Å². The standard InChI is InChI=1S/C15H12O2/c16-15-12-7-3-6-11-10-5-2-1-4-9(10)8-13(17-15)14(11)12/h3,6-8H,1-2,4-5H2. The van der Waals surface area contributed by atoms with Gasteiger partial charge < -0.3 is 4.74 Å². The van der Waals surface area contributed by atoms with Gasteiger partial charge >= 0.3 is 5.97 Å². The molecule has 0 unspecified atom stereocenters. The highest BCUT2D eigenvalue weighted by molar-refractivity contribution is 6.13. The van der Waals surface area contributed by atoms with Crippen molar-refractivity contribution in [2.24, 2.45) is 0 Å². The molecule has 0 atom stereocenters. The predicted octanol–water partition coefficient (Wildman–Crippen LogP) is 3.25. The first kappa shape index (κ1) is 9.23. The van der Waals surface area contributed by atoms with Crippen molar-refractivity contribution in [3.63, 3.8) is 0 Å². The molecule has 0 spiro atoms. The summed E-state index contributed by atoms with van der Waals surface area (Å²) in [6, 6.07) is 8.01. The molecule has 0 N–H and O–H groups in total. The Morgan fingerprint density at radius 2 is 2.00 bits per heavy atom. The van der Waals surface area contributed by atoms with Crippen LogP contribution in [0.1, 0.15) is 34.3 Å². The third-order valence-electron chi connectivity index (χ3n) is 3.87. The molecule has 2 nitrogen and oxygen atoms in total. The van der Waals surface area contributed by atoms with E-state index in [4.69, 9.17) is 4.74 Å². The summed E-state index contributed by atoms with van der Waals surface area (Å²) in [5.74, 6) is 0.564. The Morgan fingerprint density at radius 3 is 2.94 bits per heavy atom. The highest BCUT2D eigenvalue weighted by atomic mass is 16.5. The number of carbonyl (C=O) groups excluding carboxylic acids is 1. The van der Waals surface area contributed by atoms with Crippen molar-refractivity contribution in [1.82, 2.24) is 0 Å². The minimum atomic E-state index is -0.201. The summed E-state index contributed by atoms with van der Waals surface area (Å²) >= 11 is 0. The van der Waals surface area contributed by atoms with Crippen molar-refractivity contribution >= 4 is 16.7 Å². The van der Waals surface area contributed by atoms with Gasteiger partial charge in [-0.3, -0.25) is 0 Å². The van der Waals surface area contributed by atoms with Crippen LogP contribution in [0, 0.1) is 0 Å². The van der Waals surface area contributed by atoms with Crippen LogP contribution < -0.4 is 4.74 Å². The van der Waals surface area contributed by atoms with Crippen LogP contribution in [0.5, 0.6) is 5.75 Å². The zero-order valence-corrected chi connectivity index (χ0v) is 9.45. The predicted molar refractivity (Wildman–Crippen MR) is 65.5 cm³/mol. The Bertz CT molecular complexity index is 656. The van der Waals surface area contributed by atoms with Crippen LogP contribution in [0.25, 0.3) is 10.8 Å². The van der Waals surface area contributed by atoms with Gasteiger partial charge in [-0.05, 0) is 54.3 Å². The van der Waals surface area contributed by atoms with Gasteiger partial charge in [-0.1, -0.05) is 12.1 Å². The van der Waals surface area contributed by atoms with Gasteiger partial charge in [0.25, 0.3) is 0 Å². The molecule has 4 rings (SSSR count). The molecule has 2 aromatic carbocycles. The fourth-order valence-corrected chi connectivity index (χ4v) is 3.10. The Kier molecular flexibility index (Phi) is 1.68. The van der Waals surface area contributed by atoms with Crippen LogP contribution in [-0.2, 0) is 12.8 Å². The molecule has 0 amide bonds. The van der Waals surface area contributed by atoms with Crippen LogP contribution >= 0.6 is 0 Å². The number of rotatable bonds is 0. The molecule has 1 aliphatic heterocycles. The topological polar surface area (TPSA) is 26.3 Å². The SMILES string of the molecule is O=C1Oc2cc3c(c4cccc1c24)CCCC3. The summed E-state index contributed by atoms with van der Waals surface area (Å²) < 4.78 is 5.35. The Balaban J connectivity index is 2.17. The highest BCUT2D eigenvalue weighted by Crippen LogP contribution is 2.40. The van der Waals surface area contributed by atoms with E-state index < -0.39 is 0 Å². The van der Waals surface area contributed by atoms with E-state index in [1.165, 1.54) is 29.4 Å². The number of esters is 1. The summed E-state index contributed by atoms with van der Waals surface area (Å²) in [6.07, 6.45) is 4.73. The lowest BCUT2D eigenvalue weighted by molar-refractivity contribution is 0.0754. The Morgan fingerprint density at radius 1 is 1.12 bits per heavy atom. The van der Waals surface area contributed by atoms with E-state index in [0.29, 0.717) is 0 Å². The number of hydrogen-bond acceptors (Lipinski definition) is 2. The molecule has 0 saturated heterocycles. The molecule has 2 heteroatoms. The molecule has 2 aliphatic rings. The molecule has 17 heavy (non-hydrogen) atoms. The molecule has 0 saturated carbocycles. The number of ether oxygens (including phenoxy) is 1. The smallest absolute Gasteiger partial charge is 0.344 e. The van der Waals surface area contributed by atoms with Gasteiger partial charge in [0.15, 0.2) is 0 Å². The zero-order valence-electron chi connectivity index (χ0n) is 9.45. The fourth-order valence-electron chi connectivity index (χ4n) is 3.10. The number of aryl methyl sites for hydroxylation is 2. The summed E-state index contributed by atoms with van der Waals surface area (Å²) in [6.45, 7) is 0. The monoisotopic (exact) mass is 224 g/mol. The van der Waals surface area contributed by atoms with Crippen LogP contribution in [0.4, 0.5) is 0 Å². The van der Waals surface area contributed by atoms with Crippen LogP contribution in [-0.4, -0.2) is 5.97 Å². The molecule has 1 heterocycles. The summed E-state index contributed by atoms with van der Waals surface area (Å²) in [4.78, 5) is 11.7. The van der Waals surface area contributed by atoms with Crippen molar-refractivity contribution in [2.45, 2.75) is 25.7 Å². The maximum atomic E-state index is 11.7. The minimum Gasteiger partial charge on any atom is -0.422 e. The second kappa shape index (κ2) is 3.10. The van der Waals surface area contributed by atoms with Crippen molar-refractivity contribution in [1.29, 1.82) is 0 Å². The largest absolute Gasteiger partial charge is 0.422 e. The molecule has 84 valence electrons. The molecule has 0 aromatic heterocycles. The lowest BCUT2D eigenvalue weighted by atomic mass is 9.87. The summed E-state index contributed by atoms with van der Waals surface area (Å²) in [5, 5.41) is 2.25. The maximum absolute atomic E-state index is 11.7. The van der Waals surface area contributed by atoms with Crippen molar-refractivity contribution in [2.75, 3.05) is 0 Å². The molecule has 0 fully saturated rings. The van der Waals surface area contributed by atoms with E-state index >= 15 is 0 Å². The van der Waals surface area contributed by atoms with Gasteiger partial charge in [0.2, 0.25) is 0 Å². The third-order valence-corrected chi connectivity index (χ3v) is 3.87. The molecule has 0 bridgehead atoms. The highest BCUT2D eigenvalue weighted by Gasteiger charge is 2.27. The summed E-state index contributed by atoms with van der Waals surface area (Å²) in [7, 11) is 0. The second-order valence-electron chi connectivity index (χ2n) is 4.84. The molecular formula is C15H12O2. The quantitative estimate of drug-likeness (QED) is 0.507. The van der Waals surface area contributed by atoms with Gasteiger partial charge in [-0.25, -0.2) is 4.79 Å². The number of benzene rings is 2. The van der Waals surface area contributed by atoms with Crippen LogP contribution in [0.2, 0.25) is 0 Å². The molecular weight excluding hydrogens is 212 g/mol. The van der Waals surface area contributed by atoms with E-state index in [1.54, 1.807) is 0 Å².